The number of aromatic nitrogens is 1. The summed E-state index contributed by atoms with van der Waals surface area (Å²) >= 11 is 3.39. The molecule has 0 aliphatic carbocycles. The van der Waals surface area contributed by atoms with Crippen molar-refractivity contribution in [1.29, 1.82) is 0 Å². The average Bonchev–Trinajstić information content (AvgIpc) is 3.35. The van der Waals surface area contributed by atoms with E-state index in [0.717, 1.165) is 48.8 Å². The molecule has 0 fully saturated rings. The van der Waals surface area contributed by atoms with Crippen molar-refractivity contribution in [2.45, 2.75) is 24.8 Å². The highest BCUT2D eigenvalue weighted by atomic mass is 32.2. The molecule has 0 spiro atoms. The number of hydrogen-bond donors (Lipinski definition) is 2. The Morgan fingerprint density at radius 2 is 1.82 bits per heavy atom. The zero-order valence-electron chi connectivity index (χ0n) is 19.1. The van der Waals surface area contributed by atoms with Gasteiger partial charge in [0.05, 0.1) is 31.5 Å². The normalized spacial score (nSPS) is 14.9. The summed E-state index contributed by atoms with van der Waals surface area (Å²) in [7, 11) is 3.33. The Bertz CT molecular complexity index is 1200. The minimum atomic E-state index is 0.0639. The minimum Gasteiger partial charge on any atom is -0.497 e. The van der Waals surface area contributed by atoms with Gasteiger partial charge in [0.25, 0.3) is 5.01 Å². The van der Waals surface area contributed by atoms with Crippen molar-refractivity contribution in [1.82, 2.24) is 0 Å². The molecule has 0 radical (unpaired) electrons. The lowest BCUT2D eigenvalue weighted by molar-refractivity contribution is -0.670. The molecule has 2 N–H and O–H groups in total. The number of allylic oxidation sites excluding steroid dienone is 2. The zero-order valence-corrected chi connectivity index (χ0v) is 20.7. The fourth-order valence-corrected chi connectivity index (χ4v) is 6.20. The number of aliphatic hydroxyl groups excluding tert-OH is 2. The standard InChI is InChI=1S/C25H29N2O4S2/c1-4-17(13-24-26(9-11-28)20-7-5-19(31-3)16-23(20)33-24)14-25-27(10-12-29)21-15-18(30-2)6-8-22(21)32-25/h5-8,13-16,28-29H,4,9-12H2,1-3H3/q+1. The van der Waals surface area contributed by atoms with Crippen LogP contribution in [0.2, 0.25) is 0 Å². The molecule has 1 aromatic heterocycles. The first-order chi connectivity index (χ1) is 16.1. The van der Waals surface area contributed by atoms with Crippen LogP contribution in [0.25, 0.3) is 16.3 Å². The predicted octanol–water partition coefficient (Wildman–Crippen LogP) is 4.44. The molecule has 0 saturated heterocycles. The van der Waals surface area contributed by atoms with Gasteiger partial charge in [0, 0.05) is 35.7 Å². The third kappa shape index (κ3) is 4.89. The number of ether oxygens (including phenoxy) is 2. The molecule has 0 bridgehead atoms. The summed E-state index contributed by atoms with van der Waals surface area (Å²) in [6.45, 7) is 3.32. The van der Waals surface area contributed by atoms with Crippen molar-refractivity contribution < 1.29 is 24.3 Å². The number of thiazole rings is 1. The molecular weight excluding hydrogens is 456 g/mol. The Morgan fingerprint density at radius 3 is 2.52 bits per heavy atom. The topological polar surface area (TPSA) is 66.0 Å². The second-order valence-electron chi connectivity index (χ2n) is 7.52. The number of hydrogen-bond acceptors (Lipinski definition) is 7. The molecule has 1 aliphatic heterocycles. The summed E-state index contributed by atoms with van der Waals surface area (Å²) in [5.74, 6) is 1.62. The van der Waals surface area contributed by atoms with Crippen LogP contribution in [0.4, 0.5) is 5.69 Å². The summed E-state index contributed by atoms with van der Waals surface area (Å²) in [6, 6.07) is 12.1. The number of nitrogens with zero attached hydrogens (tertiary/aromatic N) is 2. The Balaban J connectivity index is 1.74. The van der Waals surface area contributed by atoms with E-state index in [9.17, 15) is 10.2 Å². The number of benzene rings is 2. The van der Waals surface area contributed by atoms with E-state index >= 15 is 0 Å². The predicted molar refractivity (Wildman–Crippen MR) is 135 cm³/mol. The number of thioether (sulfide) groups is 1. The third-order valence-electron chi connectivity index (χ3n) is 5.55. The van der Waals surface area contributed by atoms with Gasteiger partial charge < -0.3 is 24.6 Å². The van der Waals surface area contributed by atoms with Crippen molar-refractivity contribution in [2.75, 3.05) is 38.9 Å². The van der Waals surface area contributed by atoms with Crippen LogP contribution in [0.3, 0.4) is 0 Å². The first-order valence-electron chi connectivity index (χ1n) is 10.9. The maximum atomic E-state index is 9.68. The summed E-state index contributed by atoms with van der Waals surface area (Å²) in [5, 5.41) is 21.5. The van der Waals surface area contributed by atoms with Crippen LogP contribution in [-0.2, 0) is 6.54 Å². The van der Waals surface area contributed by atoms with Crippen molar-refractivity contribution in [3.05, 3.63) is 58.1 Å². The van der Waals surface area contributed by atoms with Gasteiger partial charge in [-0.15, -0.1) is 0 Å². The van der Waals surface area contributed by atoms with Gasteiger partial charge >= 0.3 is 0 Å². The van der Waals surface area contributed by atoms with Crippen molar-refractivity contribution in [3.8, 4) is 11.5 Å². The maximum Gasteiger partial charge on any atom is 0.263 e. The highest BCUT2D eigenvalue weighted by Gasteiger charge is 2.26. The van der Waals surface area contributed by atoms with Gasteiger partial charge in [0.2, 0.25) is 5.52 Å². The molecule has 174 valence electrons. The SMILES string of the molecule is CCC(=Cc1sc2cc(OC)ccc2[n+]1CCO)C=C1Sc2ccc(OC)cc2N1CCO. The molecule has 3 aromatic rings. The fourth-order valence-electron chi connectivity index (χ4n) is 3.86. The molecule has 33 heavy (non-hydrogen) atoms. The first kappa shape index (κ1) is 23.6. The van der Waals surface area contributed by atoms with Gasteiger partial charge in [-0.25, -0.2) is 0 Å². The van der Waals surface area contributed by atoms with Gasteiger partial charge in [0.15, 0.2) is 6.54 Å². The number of methoxy groups -OCH3 is 2. The second-order valence-corrected chi connectivity index (χ2v) is 9.64. The van der Waals surface area contributed by atoms with E-state index in [2.05, 4.69) is 34.6 Å². The lowest BCUT2D eigenvalue weighted by atomic mass is 10.2. The first-order valence-corrected chi connectivity index (χ1v) is 12.5. The summed E-state index contributed by atoms with van der Waals surface area (Å²) in [4.78, 5) is 3.29. The highest BCUT2D eigenvalue weighted by Crippen LogP contribution is 2.47. The van der Waals surface area contributed by atoms with E-state index in [1.165, 1.54) is 5.57 Å². The highest BCUT2D eigenvalue weighted by molar-refractivity contribution is 8.03. The second kappa shape index (κ2) is 10.6. The quantitative estimate of drug-likeness (QED) is 0.437. The molecule has 1 aliphatic rings. The third-order valence-corrected chi connectivity index (χ3v) is 7.76. The Morgan fingerprint density at radius 1 is 1.06 bits per heavy atom. The molecule has 0 atom stereocenters. The summed E-state index contributed by atoms with van der Waals surface area (Å²) in [5.41, 5.74) is 3.31. The van der Waals surface area contributed by atoms with E-state index in [-0.39, 0.29) is 13.2 Å². The number of fused-ring (bicyclic) bond motifs is 2. The smallest absolute Gasteiger partial charge is 0.263 e. The molecule has 0 saturated carbocycles. The lowest BCUT2D eigenvalue weighted by Crippen LogP contribution is -2.36. The Kier molecular flexibility index (Phi) is 7.60. The van der Waals surface area contributed by atoms with Gasteiger partial charge in [-0.05, 0) is 36.3 Å². The Hall–Kier alpha value is -2.52. The number of aliphatic hydroxyl groups is 2. The molecule has 0 unspecified atom stereocenters. The number of β-amino-alcohol motifs (C(OH)–C–C–N with tert-alkyl or cyclic N) is 1. The van der Waals surface area contributed by atoms with Crippen LogP contribution in [-0.4, -0.2) is 44.2 Å². The summed E-state index contributed by atoms with van der Waals surface area (Å²) in [6.07, 6.45) is 5.25. The van der Waals surface area contributed by atoms with E-state index in [0.29, 0.717) is 13.1 Å². The van der Waals surface area contributed by atoms with Crippen LogP contribution in [0, 0.1) is 0 Å². The van der Waals surface area contributed by atoms with Gasteiger partial charge in [-0.3, -0.25) is 0 Å². The maximum absolute atomic E-state index is 9.68. The molecule has 2 heterocycles. The fraction of sp³-hybridized carbons (Fsp3) is 0.320. The van der Waals surface area contributed by atoms with Crippen LogP contribution in [0.5, 0.6) is 11.5 Å². The van der Waals surface area contributed by atoms with E-state index < -0.39 is 0 Å². The molecule has 6 nitrogen and oxygen atoms in total. The largest absolute Gasteiger partial charge is 0.497 e. The van der Waals surface area contributed by atoms with Crippen molar-refractivity contribution >= 4 is 45.1 Å². The van der Waals surface area contributed by atoms with Crippen LogP contribution in [0.1, 0.15) is 18.4 Å². The van der Waals surface area contributed by atoms with Crippen LogP contribution in [0.15, 0.2) is 58.0 Å². The molecule has 8 heteroatoms. The van der Waals surface area contributed by atoms with Crippen molar-refractivity contribution in [2.24, 2.45) is 0 Å². The van der Waals surface area contributed by atoms with Gasteiger partial charge in [0.1, 0.15) is 22.8 Å². The van der Waals surface area contributed by atoms with Gasteiger partial charge in [-0.2, -0.15) is 4.57 Å². The average molecular weight is 486 g/mol. The Labute approximate surface area is 202 Å². The summed E-state index contributed by atoms with van der Waals surface area (Å²) < 4.78 is 14.1. The molecule has 2 aromatic carbocycles. The molecule has 0 amide bonds. The van der Waals surface area contributed by atoms with Gasteiger partial charge in [-0.1, -0.05) is 30.0 Å². The lowest BCUT2D eigenvalue weighted by Gasteiger charge is -2.20. The van der Waals surface area contributed by atoms with E-state index in [1.54, 1.807) is 37.3 Å². The van der Waals surface area contributed by atoms with Crippen LogP contribution < -0.4 is 18.9 Å². The zero-order chi connectivity index (χ0) is 23.4. The van der Waals surface area contributed by atoms with E-state index in [1.807, 2.05) is 30.3 Å². The molecule has 4 rings (SSSR count). The number of anilines is 1. The van der Waals surface area contributed by atoms with E-state index in [4.69, 9.17) is 9.47 Å². The van der Waals surface area contributed by atoms with Crippen LogP contribution >= 0.6 is 23.1 Å². The van der Waals surface area contributed by atoms with Crippen molar-refractivity contribution in [3.63, 3.8) is 0 Å². The molecular formula is C25H29N2O4S2+. The number of rotatable bonds is 9. The monoisotopic (exact) mass is 485 g/mol. The minimum absolute atomic E-state index is 0.0639.